The van der Waals surface area contributed by atoms with Crippen molar-refractivity contribution in [2.45, 2.75) is 32.1 Å². The maximum absolute atomic E-state index is 4.68. The van der Waals surface area contributed by atoms with Crippen LogP contribution in [0, 0.1) is 6.92 Å². The number of fused-ring (bicyclic) bond motifs is 2. The second kappa shape index (κ2) is 5.76. The van der Waals surface area contributed by atoms with E-state index in [-0.39, 0.29) is 0 Å². The second-order valence-electron chi connectivity index (χ2n) is 5.78. The zero-order chi connectivity index (χ0) is 13.9. The first-order valence-electron chi connectivity index (χ1n) is 7.44. The van der Waals surface area contributed by atoms with E-state index in [0.29, 0.717) is 5.92 Å². The number of hydrogen-bond acceptors (Lipinski definition) is 2. The summed E-state index contributed by atoms with van der Waals surface area (Å²) in [6.07, 6.45) is 5.24. The van der Waals surface area contributed by atoms with Gasteiger partial charge < -0.3 is 5.32 Å². The van der Waals surface area contributed by atoms with E-state index in [1.807, 2.05) is 13.2 Å². The molecule has 0 saturated heterocycles. The van der Waals surface area contributed by atoms with Crippen LogP contribution in [0.25, 0.3) is 0 Å². The van der Waals surface area contributed by atoms with Crippen molar-refractivity contribution in [3.05, 3.63) is 64.5 Å². The summed E-state index contributed by atoms with van der Waals surface area (Å²) in [4.78, 5) is 4.68. The fourth-order valence-corrected chi connectivity index (χ4v) is 3.27. The van der Waals surface area contributed by atoms with Gasteiger partial charge in [0.05, 0.1) is 0 Å². The Kier molecular flexibility index (Phi) is 3.83. The van der Waals surface area contributed by atoms with Crippen LogP contribution in [-0.2, 0) is 19.3 Å². The molecule has 1 aromatic carbocycles. The maximum Gasteiger partial charge on any atom is 0.0482 e. The molecule has 0 amide bonds. The summed E-state index contributed by atoms with van der Waals surface area (Å²) in [5, 5.41) is 3.33. The van der Waals surface area contributed by atoms with Crippen molar-refractivity contribution in [2.75, 3.05) is 13.6 Å². The summed E-state index contributed by atoms with van der Waals surface area (Å²) in [6, 6.07) is 11.2. The third-order valence-electron chi connectivity index (χ3n) is 4.26. The van der Waals surface area contributed by atoms with Crippen molar-refractivity contribution in [2.24, 2.45) is 0 Å². The van der Waals surface area contributed by atoms with E-state index < -0.39 is 0 Å². The highest BCUT2D eigenvalue weighted by Gasteiger charge is 2.21. The lowest BCUT2D eigenvalue weighted by molar-refractivity contribution is 0.594. The van der Waals surface area contributed by atoms with Gasteiger partial charge in [-0.25, -0.2) is 0 Å². The zero-order valence-electron chi connectivity index (χ0n) is 12.3. The average Bonchev–Trinajstić information content (AvgIpc) is 2.44. The van der Waals surface area contributed by atoms with Gasteiger partial charge in [0, 0.05) is 24.4 Å². The third kappa shape index (κ3) is 2.61. The third-order valence-corrected chi connectivity index (χ3v) is 4.26. The smallest absolute Gasteiger partial charge is 0.0482 e. The molecule has 3 rings (SSSR count). The number of rotatable bonds is 2. The number of nitrogens with zero attached hydrogens (tertiary/aromatic N) is 1. The van der Waals surface area contributed by atoms with E-state index in [1.165, 1.54) is 27.9 Å². The van der Waals surface area contributed by atoms with Crippen LogP contribution in [0.1, 0.15) is 33.9 Å². The predicted octanol–water partition coefficient (Wildman–Crippen LogP) is 3.03. The minimum absolute atomic E-state index is 0.469. The lowest BCUT2D eigenvalue weighted by Crippen LogP contribution is -2.23. The van der Waals surface area contributed by atoms with E-state index in [1.54, 1.807) is 0 Å². The van der Waals surface area contributed by atoms with Crippen LogP contribution in [0.2, 0.25) is 0 Å². The van der Waals surface area contributed by atoms with Crippen LogP contribution in [0.4, 0.5) is 0 Å². The van der Waals surface area contributed by atoms with E-state index in [4.69, 9.17) is 0 Å². The van der Waals surface area contributed by atoms with Crippen molar-refractivity contribution >= 4 is 0 Å². The molecule has 104 valence electrons. The summed E-state index contributed by atoms with van der Waals surface area (Å²) < 4.78 is 0. The highest BCUT2D eigenvalue weighted by atomic mass is 14.8. The van der Waals surface area contributed by atoms with Crippen molar-refractivity contribution < 1.29 is 0 Å². The molecule has 2 aromatic rings. The fraction of sp³-hybridized carbons (Fsp3) is 0.389. The first-order valence-corrected chi connectivity index (χ1v) is 7.44. The topological polar surface area (TPSA) is 24.9 Å². The number of likely N-dealkylation sites (N-methyl/N-ethyl adjacent to an activating group) is 1. The van der Waals surface area contributed by atoms with E-state index >= 15 is 0 Å². The molecule has 0 fully saturated rings. The van der Waals surface area contributed by atoms with Gasteiger partial charge in [-0.3, -0.25) is 4.98 Å². The maximum atomic E-state index is 4.68. The number of aromatic nitrogens is 1. The van der Waals surface area contributed by atoms with Crippen LogP contribution < -0.4 is 5.32 Å². The van der Waals surface area contributed by atoms with Crippen molar-refractivity contribution in [1.29, 1.82) is 0 Å². The van der Waals surface area contributed by atoms with Crippen molar-refractivity contribution in [3.8, 4) is 0 Å². The highest BCUT2D eigenvalue weighted by molar-refractivity contribution is 5.37. The molecule has 1 N–H and O–H groups in total. The molecule has 0 aliphatic heterocycles. The van der Waals surface area contributed by atoms with Gasteiger partial charge in [-0.1, -0.05) is 29.8 Å². The normalized spacial score (nSPS) is 17.8. The summed E-state index contributed by atoms with van der Waals surface area (Å²) >= 11 is 0. The number of hydrogen-bond donors (Lipinski definition) is 1. The van der Waals surface area contributed by atoms with Crippen LogP contribution in [-0.4, -0.2) is 18.6 Å². The average molecular weight is 266 g/mol. The molecule has 0 bridgehead atoms. The Labute approximate surface area is 121 Å². The van der Waals surface area contributed by atoms with E-state index in [2.05, 4.69) is 47.6 Å². The summed E-state index contributed by atoms with van der Waals surface area (Å²) in [7, 11) is 2.03. The van der Waals surface area contributed by atoms with Gasteiger partial charge >= 0.3 is 0 Å². The van der Waals surface area contributed by atoms with E-state index in [0.717, 1.165) is 25.8 Å². The SMILES string of the molecule is CNC[C@@H]1Cc2cc(C)ccc2CCc2cccnc21. The van der Waals surface area contributed by atoms with Gasteiger partial charge in [-0.2, -0.15) is 0 Å². The Balaban J connectivity index is 2.03. The minimum Gasteiger partial charge on any atom is -0.319 e. The molecule has 1 aromatic heterocycles. The summed E-state index contributed by atoms with van der Waals surface area (Å²) in [5.41, 5.74) is 7.06. The lowest BCUT2D eigenvalue weighted by Gasteiger charge is -2.24. The minimum atomic E-state index is 0.469. The number of aryl methyl sites for hydroxylation is 3. The highest BCUT2D eigenvalue weighted by Crippen LogP contribution is 2.28. The summed E-state index contributed by atoms with van der Waals surface area (Å²) in [5.74, 6) is 0.469. The molecule has 1 aliphatic carbocycles. The fourth-order valence-electron chi connectivity index (χ4n) is 3.27. The molecule has 2 heteroatoms. The summed E-state index contributed by atoms with van der Waals surface area (Å²) in [6.45, 7) is 3.16. The van der Waals surface area contributed by atoms with Crippen molar-refractivity contribution in [3.63, 3.8) is 0 Å². The number of benzene rings is 1. The van der Waals surface area contributed by atoms with Crippen LogP contribution in [0.15, 0.2) is 36.5 Å². The molecule has 1 atom stereocenters. The van der Waals surface area contributed by atoms with Crippen LogP contribution >= 0.6 is 0 Å². The van der Waals surface area contributed by atoms with Gasteiger partial charge in [-0.05, 0) is 56.0 Å². The van der Waals surface area contributed by atoms with Gasteiger partial charge in [0.15, 0.2) is 0 Å². The van der Waals surface area contributed by atoms with Gasteiger partial charge in [0.25, 0.3) is 0 Å². The molecular formula is C18H22N2. The zero-order valence-corrected chi connectivity index (χ0v) is 12.3. The Morgan fingerprint density at radius 1 is 1.15 bits per heavy atom. The van der Waals surface area contributed by atoms with Crippen molar-refractivity contribution in [1.82, 2.24) is 10.3 Å². The standard InChI is InChI=1S/C18H22N2/c1-13-5-6-14-7-8-15-4-3-9-20-18(15)17(12-19-2)11-16(14)10-13/h3-6,9-10,17,19H,7-8,11-12H2,1-2H3/t17-/m0/s1. The Morgan fingerprint density at radius 3 is 2.85 bits per heavy atom. The molecule has 0 radical (unpaired) electrons. The number of pyridine rings is 1. The first kappa shape index (κ1) is 13.3. The molecule has 0 spiro atoms. The lowest BCUT2D eigenvalue weighted by atomic mass is 9.84. The molecule has 1 heterocycles. The molecule has 20 heavy (non-hydrogen) atoms. The predicted molar refractivity (Wildman–Crippen MR) is 83.2 cm³/mol. The molecule has 0 unspecified atom stereocenters. The number of nitrogens with one attached hydrogen (secondary N) is 1. The monoisotopic (exact) mass is 266 g/mol. The van der Waals surface area contributed by atoms with Crippen LogP contribution in [0.3, 0.4) is 0 Å². The Morgan fingerprint density at radius 2 is 2.00 bits per heavy atom. The molecule has 2 nitrogen and oxygen atoms in total. The molecular weight excluding hydrogens is 244 g/mol. The molecule has 1 aliphatic rings. The largest absolute Gasteiger partial charge is 0.319 e. The molecule has 0 saturated carbocycles. The van der Waals surface area contributed by atoms with Gasteiger partial charge in [0.2, 0.25) is 0 Å². The quantitative estimate of drug-likeness (QED) is 0.903. The Bertz CT molecular complexity index is 604. The van der Waals surface area contributed by atoms with Gasteiger partial charge in [-0.15, -0.1) is 0 Å². The second-order valence-corrected chi connectivity index (χ2v) is 5.78. The Hall–Kier alpha value is -1.67. The van der Waals surface area contributed by atoms with Gasteiger partial charge in [0.1, 0.15) is 0 Å². The van der Waals surface area contributed by atoms with Crippen LogP contribution in [0.5, 0.6) is 0 Å². The van der Waals surface area contributed by atoms with E-state index in [9.17, 15) is 0 Å². The first-order chi connectivity index (χ1) is 9.78.